The quantitative estimate of drug-likeness (QED) is 0.0875. The van der Waals surface area contributed by atoms with Crippen LogP contribution in [0.1, 0.15) is 88.4 Å². The number of aromatic nitrogens is 1. The van der Waals surface area contributed by atoms with Crippen LogP contribution in [0.4, 0.5) is 13.2 Å². The monoisotopic (exact) mass is 949 g/mol. The molecule has 0 saturated carbocycles. The first kappa shape index (κ1) is 49.9. The van der Waals surface area contributed by atoms with Crippen LogP contribution in [0.25, 0.3) is 16.0 Å². The largest absolute Gasteiger partial charge is 0.481 e. The molecule has 7 rings (SSSR count). The van der Waals surface area contributed by atoms with Crippen LogP contribution in [0.3, 0.4) is 0 Å². The molecule has 5 atom stereocenters. The van der Waals surface area contributed by atoms with Crippen LogP contribution in [0.5, 0.6) is 5.75 Å². The van der Waals surface area contributed by atoms with E-state index in [1.165, 1.54) is 18.7 Å². The van der Waals surface area contributed by atoms with Gasteiger partial charge in [-0.2, -0.15) is 0 Å². The summed E-state index contributed by atoms with van der Waals surface area (Å²) in [6.07, 6.45) is 0.323. The summed E-state index contributed by atoms with van der Waals surface area (Å²) in [6, 6.07) is 15.1. The van der Waals surface area contributed by atoms with Crippen molar-refractivity contribution in [3.05, 3.63) is 111 Å². The molecule has 0 spiro atoms. The van der Waals surface area contributed by atoms with Gasteiger partial charge in [-0.1, -0.05) is 75.2 Å². The van der Waals surface area contributed by atoms with Crippen LogP contribution < -0.4 is 15.4 Å². The lowest BCUT2D eigenvalue weighted by Gasteiger charge is -2.44. The van der Waals surface area contributed by atoms with Gasteiger partial charge < -0.3 is 30.1 Å². The number of amides is 3. The minimum atomic E-state index is -1.60. The van der Waals surface area contributed by atoms with Crippen molar-refractivity contribution in [1.29, 1.82) is 0 Å². The van der Waals surface area contributed by atoms with Crippen molar-refractivity contribution in [2.24, 2.45) is 5.41 Å². The highest BCUT2D eigenvalue weighted by Gasteiger charge is 2.45. The first-order valence-electron chi connectivity index (χ1n) is 22.7. The Hall–Kier alpha value is -5.97. The number of ether oxygens (including phenoxy) is 2. The van der Waals surface area contributed by atoms with Crippen molar-refractivity contribution in [2.45, 2.75) is 110 Å². The highest BCUT2D eigenvalue weighted by atomic mass is 32.1. The number of aliphatic hydroxyl groups excluding tert-OH is 1. The number of halogens is 3. The standard InChI is InChI=1S/C53H58F3N5O6S/c1-32-22-40-39-15-11-10-14-36(39)23-41(40)47(61(32)30-53(6,7)56)46-42(54)25-38(26-43(46)55)67-21-13-9-8-12-20-66-29-45(63)59-49(52(3,4)5)51(65)60-28-37(62)24-44(60)50(64)57-27-34-16-18-35(19-17-34)48-33(2)58-31-68-48/h10-11,14-19,25-26,31-32,37,44,47,49,62H,20-24,27-30H2,1-7H3,(H,57,64)(H,59,63)/t32-,37-,44+,47+,49-/m1/s1. The number of likely N-dealkylation sites (tertiary alicyclic amines) is 1. The minimum Gasteiger partial charge on any atom is -0.481 e. The summed E-state index contributed by atoms with van der Waals surface area (Å²) in [5.41, 5.74) is 6.24. The van der Waals surface area contributed by atoms with Crippen molar-refractivity contribution in [1.82, 2.24) is 25.4 Å². The van der Waals surface area contributed by atoms with Crippen LogP contribution in [0.2, 0.25) is 0 Å². The number of rotatable bonds is 14. The topological polar surface area (TPSA) is 133 Å². The molecule has 11 nitrogen and oxygen atoms in total. The van der Waals surface area contributed by atoms with Gasteiger partial charge in [0.15, 0.2) is 0 Å². The molecular formula is C53H58F3N5O6S. The fourth-order valence-electron chi connectivity index (χ4n) is 9.21. The Morgan fingerprint density at radius 1 is 1.00 bits per heavy atom. The first-order valence-corrected chi connectivity index (χ1v) is 23.6. The average molecular weight is 950 g/mol. The summed E-state index contributed by atoms with van der Waals surface area (Å²) in [6.45, 7) is 11.6. The molecule has 3 amide bonds. The van der Waals surface area contributed by atoms with E-state index < -0.39 is 71.3 Å². The zero-order valence-corrected chi connectivity index (χ0v) is 40.3. The number of hydrogen-bond acceptors (Lipinski definition) is 9. The molecule has 1 saturated heterocycles. The van der Waals surface area contributed by atoms with Gasteiger partial charge in [0.1, 0.15) is 55.0 Å². The molecule has 2 aliphatic heterocycles. The van der Waals surface area contributed by atoms with Gasteiger partial charge >= 0.3 is 0 Å². The Kier molecular flexibility index (Phi) is 15.5. The molecule has 3 aromatic carbocycles. The average Bonchev–Trinajstić information content (AvgIpc) is 4.00. The summed E-state index contributed by atoms with van der Waals surface area (Å²) in [5.74, 6) is 7.39. The Balaban J connectivity index is 0.891. The molecule has 0 unspecified atom stereocenters. The third kappa shape index (κ3) is 11.8. The smallest absolute Gasteiger partial charge is 0.246 e. The summed E-state index contributed by atoms with van der Waals surface area (Å²) in [7, 11) is 0. The van der Waals surface area contributed by atoms with Crippen molar-refractivity contribution in [2.75, 3.05) is 32.9 Å². The Morgan fingerprint density at radius 2 is 1.69 bits per heavy atom. The van der Waals surface area contributed by atoms with Crippen molar-refractivity contribution < 1.29 is 42.1 Å². The second kappa shape index (κ2) is 21.1. The van der Waals surface area contributed by atoms with Crippen LogP contribution in [0.15, 0.2) is 71.7 Å². The highest BCUT2D eigenvalue weighted by Crippen LogP contribution is 2.50. The van der Waals surface area contributed by atoms with Gasteiger partial charge in [0.25, 0.3) is 0 Å². The van der Waals surface area contributed by atoms with Gasteiger partial charge in [-0.25, -0.2) is 18.2 Å². The first-order chi connectivity index (χ1) is 32.3. The van der Waals surface area contributed by atoms with E-state index in [2.05, 4.69) is 39.3 Å². The number of aryl methyl sites for hydroxylation is 1. The van der Waals surface area contributed by atoms with Gasteiger partial charge in [-0.15, -0.1) is 11.3 Å². The number of nitrogens with zero attached hydrogens (tertiary/aromatic N) is 3. The maximum absolute atomic E-state index is 16.0. The lowest BCUT2D eigenvalue weighted by atomic mass is 9.84. The SMILES string of the molecule is Cc1ncsc1-c1ccc(CNC(=O)[C@@H]2C[C@@H](O)CN2C(=O)[C@@H](NC(=O)COCC#CC#CCOc2cc(F)c([C@@H]3C4=C(C[C@@H](C)N3CC(C)(C)F)c3ccccc3C4)c(F)c2)C(C)(C)C)cc1. The van der Waals surface area contributed by atoms with Crippen LogP contribution in [0, 0.1) is 47.7 Å². The van der Waals surface area contributed by atoms with E-state index in [4.69, 9.17) is 9.47 Å². The van der Waals surface area contributed by atoms with Crippen LogP contribution in [-0.4, -0.2) is 100 Å². The van der Waals surface area contributed by atoms with E-state index in [9.17, 15) is 19.5 Å². The third-order valence-electron chi connectivity index (χ3n) is 12.4. The number of fused-ring (bicyclic) bond motifs is 2. The number of hydrogen-bond donors (Lipinski definition) is 3. The van der Waals surface area contributed by atoms with E-state index in [0.29, 0.717) is 12.8 Å². The molecule has 1 fully saturated rings. The normalized spacial score (nSPS) is 19.5. The molecule has 3 N–H and O–H groups in total. The molecule has 1 aromatic heterocycles. The predicted octanol–water partition coefficient (Wildman–Crippen LogP) is 7.50. The molecule has 358 valence electrons. The van der Waals surface area contributed by atoms with Gasteiger partial charge in [-0.05, 0) is 97.1 Å². The number of carbonyl (C=O) groups is 3. The molecule has 68 heavy (non-hydrogen) atoms. The second-order valence-electron chi connectivity index (χ2n) is 19.3. The summed E-state index contributed by atoms with van der Waals surface area (Å²) >= 11 is 1.56. The molecule has 3 aliphatic rings. The fraction of sp³-hybridized carbons (Fsp3) is 0.434. The molecular weight excluding hydrogens is 892 g/mol. The lowest BCUT2D eigenvalue weighted by molar-refractivity contribution is -0.144. The Morgan fingerprint density at radius 3 is 2.35 bits per heavy atom. The van der Waals surface area contributed by atoms with Gasteiger partial charge in [0.2, 0.25) is 17.7 Å². The molecule has 4 aromatic rings. The number of nitrogens with one attached hydrogen (secondary N) is 2. The van der Waals surface area contributed by atoms with Crippen molar-refractivity contribution >= 4 is 34.6 Å². The lowest BCUT2D eigenvalue weighted by Crippen LogP contribution is -2.58. The number of alkyl halides is 1. The maximum atomic E-state index is 16.0. The number of thiazole rings is 1. The van der Waals surface area contributed by atoms with Crippen molar-refractivity contribution in [3.8, 4) is 39.9 Å². The highest BCUT2D eigenvalue weighted by molar-refractivity contribution is 7.13. The number of aliphatic hydroxyl groups is 1. The molecule has 0 bridgehead atoms. The summed E-state index contributed by atoms with van der Waals surface area (Å²) < 4.78 is 58.2. The van der Waals surface area contributed by atoms with E-state index in [1.807, 2.05) is 67.3 Å². The maximum Gasteiger partial charge on any atom is 0.246 e. The molecule has 1 aliphatic carbocycles. The van der Waals surface area contributed by atoms with Gasteiger partial charge in [-0.3, -0.25) is 19.3 Å². The number of benzene rings is 3. The van der Waals surface area contributed by atoms with Crippen molar-refractivity contribution in [3.63, 3.8) is 0 Å². The Labute approximate surface area is 400 Å². The zero-order chi connectivity index (χ0) is 48.9. The number of carbonyl (C=O) groups excluding carboxylic acids is 3. The van der Waals surface area contributed by atoms with E-state index in [0.717, 1.165) is 56.1 Å². The summed E-state index contributed by atoms with van der Waals surface area (Å²) in [5, 5.41) is 16.2. The minimum absolute atomic E-state index is 0.00169. The zero-order valence-electron chi connectivity index (χ0n) is 39.5. The van der Waals surface area contributed by atoms with Crippen LogP contribution >= 0.6 is 11.3 Å². The molecule has 15 heteroatoms. The van der Waals surface area contributed by atoms with Crippen LogP contribution in [-0.2, 0) is 32.1 Å². The molecule has 3 heterocycles. The van der Waals surface area contributed by atoms with E-state index in [1.54, 1.807) is 37.6 Å². The second-order valence-corrected chi connectivity index (χ2v) is 20.2. The van der Waals surface area contributed by atoms with Gasteiger partial charge in [0.05, 0.1) is 28.2 Å². The number of β-amino-alcohol motifs (C(OH)–C–C–N with tert-alkyl or cyclic N) is 1. The summed E-state index contributed by atoms with van der Waals surface area (Å²) in [4.78, 5) is 49.0. The van der Waals surface area contributed by atoms with Gasteiger partial charge in [0, 0.05) is 49.8 Å². The van der Waals surface area contributed by atoms with E-state index >= 15 is 13.2 Å². The van der Waals surface area contributed by atoms with E-state index in [-0.39, 0.29) is 56.6 Å². The predicted molar refractivity (Wildman–Crippen MR) is 256 cm³/mol. The molecule has 0 radical (unpaired) electrons. The third-order valence-corrected chi connectivity index (χ3v) is 13.4. The fourth-order valence-corrected chi connectivity index (χ4v) is 10.0. The Bertz CT molecular complexity index is 2660.